The number of nitrogens with zero attached hydrogens (tertiary/aromatic N) is 3. The summed E-state index contributed by atoms with van der Waals surface area (Å²) in [7, 11) is 0. The summed E-state index contributed by atoms with van der Waals surface area (Å²) in [6.45, 7) is 13.3. The number of rotatable bonds is 14. The lowest BCUT2D eigenvalue weighted by Gasteiger charge is -2.33. The highest BCUT2D eigenvalue weighted by Crippen LogP contribution is 2.36. The highest BCUT2D eigenvalue weighted by atomic mass is 16.2. The molecule has 3 saturated heterocycles. The summed E-state index contributed by atoms with van der Waals surface area (Å²) in [5.41, 5.74) is -0.385. The van der Waals surface area contributed by atoms with Gasteiger partial charge >= 0.3 is 0 Å². The minimum atomic E-state index is -0.741. The maximum absolute atomic E-state index is 13.5. The fraction of sp³-hybridized carbons (Fsp3) is 0.757. The maximum atomic E-state index is 13.5. The smallest absolute Gasteiger partial charge is 0.233 e. The summed E-state index contributed by atoms with van der Waals surface area (Å²) in [4.78, 5) is 120. The van der Waals surface area contributed by atoms with E-state index in [9.17, 15) is 43.2 Å². The van der Waals surface area contributed by atoms with Gasteiger partial charge in [0.25, 0.3) is 0 Å². The molecule has 4 fully saturated rings. The molecule has 288 valence electrons. The normalized spacial score (nSPS) is 27.1. The first kappa shape index (κ1) is 40.6. The van der Waals surface area contributed by atoms with Gasteiger partial charge in [-0.1, -0.05) is 48.5 Å². The van der Waals surface area contributed by atoms with E-state index in [2.05, 4.69) is 16.0 Å². The van der Waals surface area contributed by atoms with E-state index in [1.807, 2.05) is 48.5 Å². The van der Waals surface area contributed by atoms with E-state index in [1.54, 1.807) is 0 Å². The molecule has 0 aromatic heterocycles. The minimum absolute atomic E-state index is 0.00769. The van der Waals surface area contributed by atoms with E-state index in [4.69, 9.17) is 0 Å². The molecule has 4 unspecified atom stereocenters. The monoisotopic (exact) mass is 728 g/mol. The lowest BCUT2D eigenvalue weighted by Crippen LogP contribution is -2.47. The van der Waals surface area contributed by atoms with Crippen molar-refractivity contribution in [1.82, 2.24) is 30.7 Å². The molecule has 9 amide bonds. The Morgan fingerprint density at radius 2 is 0.865 bits per heavy atom. The summed E-state index contributed by atoms with van der Waals surface area (Å²) in [6.07, 6.45) is 0.801. The van der Waals surface area contributed by atoms with Crippen molar-refractivity contribution in [3.63, 3.8) is 0 Å². The molecule has 6 atom stereocenters. The molecule has 0 radical (unpaired) electrons. The number of carbonyl (C=O) groups excluding carboxylic acids is 9. The van der Waals surface area contributed by atoms with Gasteiger partial charge in [0.15, 0.2) is 0 Å². The number of imide groups is 3. The van der Waals surface area contributed by atoms with Crippen LogP contribution in [0.4, 0.5) is 0 Å². The molecule has 15 nitrogen and oxygen atoms in total. The van der Waals surface area contributed by atoms with Gasteiger partial charge in [0, 0.05) is 88.1 Å². The van der Waals surface area contributed by atoms with Crippen molar-refractivity contribution >= 4 is 53.2 Å². The van der Waals surface area contributed by atoms with Crippen LogP contribution in [0.2, 0.25) is 0 Å². The van der Waals surface area contributed by atoms with Crippen LogP contribution in [0.3, 0.4) is 0 Å². The van der Waals surface area contributed by atoms with Crippen LogP contribution in [-0.4, -0.2) is 107 Å². The van der Waals surface area contributed by atoms with Crippen LogP contribution in [-0.2, 0) is 43.2 Å². The van der Waals surface area contributed by atoms with Crippen molar-refractivity contribution in [2.24, 2.45) is 52.8 Å². The predicted molar refractivity (Wildman–Crippen MR) is 187 cm³/mol. The van der Waals surface area contributed by atoms with E-state index >= 15 is 0 Å². The molecule has 52 heavy (non-hydrogen) atoms. The second-order valence-electron chi connectivity index (χ2n) is 16.6. The molecule has 0 aromatic carbocycles. The SMILES string of the molecule is CC(C)C1CC(=O)N(CCNC(=O)[C@@H]2CC(C(=O)NCCN3C(=O)CC(C(C)(C)C)C3=O)C[C@H](C(=O)NCCN3C(=O)CC(C(C)C)C3=O)C2)C1=O. The highest BCUT2D eigenvalue weighted by Gasteiger charge is 2.45. The fourth-order valence-corrected chi connectivity index (χ4v) is 7.79. The summed E-state index contributed by atoms with van der Waals surface area (Å²) in [5, 5.41) is 8.35. The van der Waals surface area contributed by atoms with E-state index in [0.29, 0.717) is 0 Å². The molecule has 0 spiro atoms. The van der Waals surface area contributed by atoms with Gasteiger partial charge in [-0.15, -0.1) is 0 Å². The molecule has 15 heteroatoms. The number of likely N-dealkylation sites (tertiary alicyclic amines) is 3. The standard InChI is InChI=1S/C37H56N6O9/c1-20(2)25-17-28(44)41(34(25)50)11-8-38-31(47)22-14-23(32(48)39-9-12-42-29(45)18-26(21(3)4)35(42)51)16-24(15-22)33(49)40-10-13-43-30(46)19-27(36(43)52)37(5,6)7/h20-27H,8-19H2,1-7H3,(H,38,47)(H,39,48)(H,40,49)/t22-,23+,24?,25?,26?,27?. The molecule has 3 aliphatic heterocycles. The zero-order valence-corrected chi connectivity index (χ0v) is 31.6. The van der Waals surface area contributed by atoms with Crippen molar-refractivity contribution in [3.8, 4) is 0 Å². The lowest BCUT2D eigenvalue weighted by atomic mass is 9.74. The first-order valence-electron chi connectivity index (χ1n) is 18.7. The Balaban J connectivity index is 1.37. The first-order valence-corrected chi connectivity index (χ1v) is 18.7. The Labute approximate surface area is 305 Å². The average molecular weight is 729 g/mol. The lowest BCUT2D eigenvalue weighted by molar-refractivity contribution is -0.141. The zero-order valence-electron chi connectivity index (χ0n) is 31.6. The molecule has 3 heterocycles. The maximum Gasteiger partial charge on any atom is 0.233 e. The van der Waals surface area contributed by atoms with Gasteiger partial charge in [0.1, 0.15) is 0 Å². The van der Waals surface area contributed by atoms with E-state index in [-0.39, 0.29) is 142 Å². The molecule has 1 aliphatic carbocycles. The van der Waals surface area contributed by atoms with Gasteiger partial charge in [-0.2, -0.15) is 0 Å². The summed E-state index contributed by atoms with van der Waals surface area (Å²) in [5.74, 6) is -6.31. The molecule has 0 aromatic rings. The van der Waals surface area contributed by atoms with Gasteiger partial charge in [-0.05, 0) is 36.5 Å². The van der Waals surface area contributed by atoms with Crippen LogP contribution in [0.25, 0.3) is 0 Å². The van der Waals surface area contributed by atoms with Crippen molar-refractivity contribution in [2.45, 2.75) is 87.0 Å². The zero-order chi connectivity index (χ0) is 38.7. The van der Waals surface area contributed by atoms with Crippen molar-refractivity contribution in [2.75, 3.05) is 39.3 Å². The van der Waals surface area contributed by atoms with Crippen LogP contribution in [0.5, 0.6) is 0 Å². The Kier molecular flexibility index (Phi) is 13.0. The molecule has 1 saturated carbocycles. The minimum Gasteiger partial charge on any atom is -0.354 e. The Bertz CT molecular complexity index is 1400. The summed E-state index contributed by atoms with van der Waals surface area (Å²) >= 11 is 0. The number of hydrogen-bond donors (Lipinski definition) is 3. The Morgan fingerprint density at radius 1 is 0.558 bits per heavy atom. The number of carbonyl (C=O) groups is 9. The van der Waals surface area contributed by atoms with Crippen molar-refractivity contribution in [1.29, 1.82) is 0 Å². The van der Waals surface area contributed by atoms with Crippen LogP contribution in [0.1, 0.15) is 87.0 Å². The van der Waals surface area contributed by atoms with Gasteiger partial charge in [0.05, 0.1) is 5.92 Å². The first-order chi connectivity index (χ1) is 24.3. The second kappa shape index (κ2) is 16.7. The van der Waals surface area contributed by atoms with Crippen LogP contribution in [0, 0.1) is 52.8 Å². The fourth-order valence-electron chi connectivity index (χ4n) is 7.79. The Morgan fingerprint density at radius 3 is 1.13 bits per heavy atom. The van der Waals surface area contributed by atoms with Gasteiger partial charge in [-0.25, -0.2) is 0 Å². The molecular weight excluding hydrogens is 672 g/mol. The van der Waals surface area contributed by atoms with Crippen LogP contribution >= 0.6 is 0 Å². The molecule has 4 rings (SSSR count). The van der Waals surface area contributed by atoms with Gasteiger partial charge in [-0.3, -0.25) is 57.9 Å². The number of nitrogens with one attached hydrogen (secondary N) is 3. The largest absolute Gasteiger partial charge is 0.354 e. The molecule has 3 N–H and O–H groups in total. The molecule has 4 aliphatic rings. The van der Waals surface area contributed by atoms with Crippen molar-refractivity contribution < 1.29 is 43.2 Å². The third-order valence-corrected chi connectivity index (χ3v) is 11.2. The van der Waals surface area contributed by atoms with Gasteiger partial charge < -0.3 is 16.0 Å². The number of amides is 9. The van der Waals surface area contributed by atoms with E-state index in [1.165, 1.54) is 4.90 Å². The van der Waals surface area contributed by atoms with E-state index < -0.39 is 41.4 Å². The van der Waals surface area contributed by atoms with Gasteiger partial charge in [0.2, 0.25) is 53.2 Å². The Hall–Kier alpha value is -4.17. The highest BCUT2D eigenvalue weighted by molar-refractivity contribution is 6.05. The quantitative estimate of drug-likeness (QED) is 0.217. The third-order valence-electron chi connectivity index (χ3n) is 11.2. The second-order valence-corrected chi connectivity index (χ2v) is 16.6. The van der Waals surface area contributed by atoms with E-state index in [0.717, 1.165) is 9.80 Å². The summed E-state index contributed by atoms with van der Waals surface area (Å²) < 4.78 is 0. The van der Waals surface area contributed by atoms with Crippen molar-refractivity contribution in [3.05, 3.63) is 0 Å². The average Bonchev–Trinajstić information content (AvgIpc) is 3.65. The summed E-state index contributed by atoms with van der Waals surface area (Å²) in [6, 6.07) is 0. The molecule has 0 bridgehead atoms. The topological polar surface area (TPSA) is 199 Å². The van der Waals surface area contributed by atoms with Crippen LogP contribution < -0.4 is 16.0 Å². The molecular formula is C37H56N6O9. The van der Waals surface area contributed by atoms with Crippen LogP contribution in [0.15, 0.2) is 0 Å². The predicted octanol–water partition coefficient (Wildman–Crippen LogP) is 0.851. The third kappa shape index (κ3) is 9.24. The number of hydrogen-bond acceptors (Lipinski definition) is 9.